The minimum absolute atomic E-state index is 0.0271. The average molecular weight is 517 g/mol. The van der Waals surface area contributed by atoms with Gasteiger partial charge in [-0.15, -0.1) is 0 Å². The van der Waals surface area contributed by atoms with E-state index in [9.17, 15) is 9.59 Å². The summed E-state index contributed by atoms with van der Waals surface area (Å²) in [6.07, 6.45) is 3.56. The van der Waals surface area contributed by atoms with E-state index in [-0.39, 0.29) is 23.1 Å². The maximum atomic E-state index is 12.5. The Morgan fingerprint density at radius 3 is 2.53 bits per heavy atom. The third kappa shape index (κ3) is 5.09. The van der Waals surface area contributed by atoms with E-state index in [0.717, 1.165) is 46.7 Å². The van der Waals surface area contributed by atoms with Crippen molar-refractivity contribution in [1.82, 2.24) is 35.0 Å². The second-order valence-electron chi connectivity index (χ2n) is 10.6. The molecule has 5 rings (SSSR count). The Morgan fingerprint density at radius 2 is 1.87 bits per heavy atom. The highest BCUT2D eigenvalue weighted by molar-refractivity contribution is 5.90. The number of fused-ring (bicyclic) bond motifs is 1. The van der Waals surface area contributed by atoms with Crippen molar-refractivity contribution in [2.24, 2.45) is 0 Å². The number of hydrogen-bond acceptors (Lipinski definition) is 8. The summed E-state index contributed by atoms with van der Waals surface area (Å²) in [7, 11) is 0. The Balaban J connectivity index is 1.31. The molecule has 38 heavy (non-hydrogen) atoms. The van der Waals surface area contributed by atoms with Crippen LogP contribution in [-0.4, -0.2) is 67.6 Å². The predicted octanol–water partition coefficient (Wildman–Crippen LogP) is 2.98. The van der Waals surface area contributed by atoms with Gasteiger partial charge in [-0.3, -0.25) is 9.59 Å². The van der Waals surface area contributed by atoms with Crippen LogP contribution in [0.25, 0.3) is 16.8 Å². The first kappa shape index (κ1) is 25.4. The molecule has 1 N–H and O–H groups in total. The molecular weight excluding hydrogens is 484 g/mol. The van der Waals surface area contributed by atoms with Crippen LogP contribution in [-0.2, 0) is 16.8 Å². The van der Waals surface area contributed by atoms with Crippen LogP contribution >= 0.6 is 0 Å². The monoisotopic (exact) mass is 516 g/mol. The van der Waals surface area contributed by atoms with Gasteiger partial charge in [-0.1, -0.05) is 38.1 Å². The summed E-state index contributed by atoms with van der Waals surface area (Å²) in [6.45, 7) is 12.8. The second-order valence-corrected chi connectivity index (χ2v) is 10.6. The van der Waals surface area contributed by atoms with Crippen molar-refractivity contribution < 1.29 is 14.1 Å². The van der Waals surface area contributed by atoms with Gasteiger partial charge in [0.15, 0.2) is 0 Å². The average Bonchev–Trinajstić information content (AvgIpc) is 3.56. The van der Waals surface area contributed by atoms with E-state index in [0.29, 0.717) is 25.5 Å². The summed E-state index contributed by atoms with van der Waals surface area (Å²) < 4.78 is 7.07. The molecule has 2 amide bonds. The van der Waals surface area contributed by atoms with Crippen LogP contribution in [0.2, 0.25) is 0 Å². The van der Waals surface area contributed by atoms with Gasteiger partial charge < -0.3 is 19.6 Å². The van der Waals surface area contributed by atoms with Gasteiger partial charge in [-0.2, -0.15) is 10.1 Å². The lowest BCUT2D eigenvalue weighted by molar-refractivity contribution is -0.129. The van der Waals surface area contributed by atoms with Gasteiger partial charge in [0.25, 0.3) is 11.7 Å². The molecule has 0 radical (unpaired) electrons. The molecule has 4 heterocycles. The number of carbonyl (C=O) groups excluding carboxylic acids is 2. The van der Waals surface area contributed by atoms with Crippen LogP contribution in [0, 0.1) is 6.92 Å². The van der Waals surface area contributed by atoms with Crippen LogP contribution < -0.4 is 10.2 Å². The van der Waals surface area contributed by atoms with Crippen molar-refractivity contribution in [2.75, 3.05) is 31.1 Å². The predicted molar refractivity (Wildman–Crippen MR) is 142 cm³/mol. The molecule has 0 atom stereocenters. The zero-order valence-corrected chi connectivity index (χ0v) is 22.4. The van der Waals surface area contributed by atoms with Crippen molar-refractivity contribution in [2.45, 2.75) is 46.6 Å². The zero-order valence-electron chi connectivity index (χ0n) is 22.4. The molecule has 1 aliphatic heterocycles. The standard InChI is InChI=1S/C27H32N8O3/c1-17-12-19(6-7-20(17)14-28-25(37)24-31-26(38-32-24)27(3,4)5)23-22-13-21(15-35(22)30-16-29-23)34-10-8-33(9-11-34)18(2)36/h6-7,12-13,15-16H,8-11,14H2,1-5H3,(H,28,37). The Hall–Kier alpha value is -4.28. The molecule has 198 valence electrons. The van der Waals surface area contributed by atoms with E-state index >= 15 is 0 Å². The fraction of sp³-hybridized carbons (Fsp3) is 0.407. The Kier molecular flexibility index (Phi) is 6.60. The number of aromatic nitrogens is 5. The number of nitrogens with one attached hydrogen (secondary N) is 1. The van der Waals surface area contributed by atoms with Gasteiger partial charge in [0.05, 0.1) is 23.1 Å². The van der Waals surface area contributed by atoms with Gasteiger partial charge >= 0.3 is 0 Å². The lowest BCUT2D eigenvalue weighted by Crippen LogP contribution is -2.48. The maximum Gasteiger partial charge on any atom is 0.292 e. The van der Waals surface area contributed by atoms with E-state index in [1.807, 2.05) is 55.4 Å². The van der Waals surface area contributed by atoms with Gasteiger partial charge in [-0.25, -0.2) is 9.50 Å². The molecular formula is C27H32N8O3. The van der Waals surface area contributed by atoms with Gasteiger partial charge in [0.1, 0.15) is 6.33 Å². The third-order valence-corrected chi connectivity index (χ3v) is 6.81. The fourth-order valence-electron chi connectivity index (χ4n) is 4.51. The second kappa shape index (κ2) is 9.88. The number of carbonyl (C=O) groups is 2. The highest BCUT2D eigenvalue weighted by Gasteiger charge is 2.24. The molecule has 0 spiro atoms. The van der Waals surface area contributed by atoms with E-state index < -0.39 is 0 Å². The smallest absolute Gasteiger partial charge is 0.292 e. The summed E-state index contributed by atoms with van der Waals surface area (Å²) in [5.41, 5.74) is 5.43. The molecule has 4 aromatic rings. The number of nitrogens with zero attached hydrogens (tertiary/aromatic N) is 7. The highest BCUT2D eigenvalue weighted by atomic mass is 16.5. The Morgan fingerprint density at radius 1 is 1.11 bits per heavy atom. The molecule has 0 bridgehead atoms. The number of anilines is 1. The quantitative estimate of drug-likeness (QED) is 0.430. The molecule has 11 heteroatoms. The molecule has 1 aliphatic rings. The minimum Gasteiger partial charge on any atom is -0.367 e. The maximum absolute atomic E-state index is 12.5. The number of rotatable bonds is 5. The Labute approximate surface area is 220 Å². The first-order valence-corrected chi connectivity index (χ1v) is 12.7. The van der Waals surface area contributed by atoms with Crippen molar-refractivity contribution in [3.8, 4) is 11.3 Å². The molecule has 1 aromatic carbocycles. The minimum atomic E-state index is -0.380. The third-order valence-electron chi connectivity index (χ3n) is 6.81. The summed E-state index contributed by atoms with van der Waals surface area (Å²) in [5, 5.41) is 11.1. The summed E-state index contributed by atoms with van der Waals surface area (Å²) in [4.78, 5) is 37.1. The lowest BCUT2D eigenvalue weighted by Gasteiger charge is -2.34. The van der Waals surface area contributed by atoms with E-state index in [1.165, 1.54) is 0 Å². The molecule has 3 aromatic heterocycles. The largest absolute Gasteiger partial charge is 0.367 e. The number of amides is 2. The fourth-order valence-corrected chi connectivity index (χ4v) is 4.51. The number of benzene rings is 1. The topological polar surface area (TPSA) is 122 Å². The number of hydrogen-bond donors (Lipinski definition) is 1. The first-order valence-electron chi connectivity index (χ1n) is 12.7. The Bertz CT molecular complexity index is 1490. The highest BCUT2D eigenvalue weighted by Crippen LogP contribution is 2.28. The molecule has 1 saturated heterocycles. The van der Waals surface area contributed by atoms with Gasteiger partial charge in [-0.05, 0) is 30.2 Å². The normalized spacial score (nSPS) is 14.2. The van der Waals surface area contributed by atoms with Gasteiger partial charge in [0, 0.05) is 50.6 Å². The van der Waals surface area contributed by atoms with Crippen LogP contribution in [0.5, 0.6) is 0 Å². The number of piperazine rings is 1. The van der Waals surface area contributed by atoms with Crippen molar-refractivity contribution in [3.63, 3.8) is 0 Å². The number of aryl methyl sites for hydroxylation is 1. The summed E-state index contributed by atoms with van der Waals surface area (Å²) >= 11 is 0. The molecule has 1 fully saturated rings. The van der Waals surface area contributed by atoms with Crippen LogP contribution in [0.15, 0.2) is 41.3 Å². The van der Waals surface area contributed by atoms with Crippen LogP contribution in [0.1, 0.15) is 55.3 Å². The summed E-state index contributed by atoms with van der Waals surface area (Å²) in [5.74, 6) is 0.184. The van der Waals surface area contributed by atoms with E-state index in [2.05, 4.69) is 42.6 Å². The molecule has 11 nitrogen and oxygen atoms in total. The van der Waals surface area contributed by atoms with E-state index in [4.69, 9.17) is 4.52 Å². The SMILES string of the molecule is CC(=O)N1CCN(c2cc3c(-c4ccc(CNC(=O)c5noc(C(C)(C)C)n5)c(C)c4)ncnn3c2)CC1. The molecule has 0 aliphatic carbocycles. The van der Waals surface area contributed by atoms with Crippen molar-refractivity contribution in [3.05, 3.63) is 59.6 Å². The lowest BCUT2D eigenvalue weighted by atomic mass is 9.97. The molecule has 0 unspecified atom stereocenters. The van der Waals surface area contributed by atoms with Crippen LogP contribution in [0.3, 0.4) is 0 Å². The van der Waals surface area contributed by atoms with Crippen molar-refractivity contribution >= 4 is 23.0 Å². The van der Waals surface area contributed by atoms with Crippen LogP contribution in [0.4, 0.5) is 5.69 Å². The zero-order chi connectivity index (χ0) is 27.0. The first-order chi connectivity index (χ1) is 18.1. The van der Waals surface area contributed by atoms with Crippen molar-refractivity contribution in [1.29, 1.82) is 0 Å². The van der Waals surface area contributed by atoms with E-state index in [1.54, 1.807) is 13.3 Å². The molecule has 0 saturated carbocycles. The summed E-state index contributed by atoms with van der Waals surface area (Å²) in [6, 6.07) is 8.15. The van der Waals surface area contributed by atoms with Gasteiger partial charge in [0.2, 0.25) is 11.8 Å².